The minimum Gasteiger partial charge on any atom is -0.340 e. The number of anilines is 2. The first-order valence-electron chi connectivity index (χ1n) is 9.29. The van der Waals surface area contributed by atoms with E-state index in [2.05, 4.69) is 27.9 Å². The lowest BCUT2D eigenvalue weighted by atomic mass is 9.96. The molecule has 29 heavy (non-hydrogen) atoms. The van der Waals surface area contributed by atoms with Crippen molar-refractivity contribution in [1.82, 2.24) is 0 Å². The molecule has 1 N–H and O–H groups in total. The van der Waals surface area contributed by atoms with Gasteiger partial charge in [-0.15, -0.1) is 0 Å². The number of carbonyl (C=O) groups is 2. The molecule has 3 aromatic rings. The van der Waals surface area contributed by atoms with Gasteiger partial charge in [-0.3, -0.25) is 9.59 Å². The van der Waals surface area contributed by atoms with E-state index in [0.29, 0.717) is 12.2 Å². The standard InChI is InChI=1S/C23H17IN2O3/c24-16-11-12-19-18(13-16)23(22(28)26(19)14-15-7-3-1-4-8-15)20(29-23)21(27)25-17-9-5-2-6-10-17/h1-13,20H,14H2,(H,25,27)/t20-,23+/m1/s1. The Labute approximate surface area is 181 Å². The number of hydrogen-bond acceptors (Lipinski definition) is 3. The lowest BCUT2D eigenvalue weighted by Gasteiger charge is -2.17. The molecule has 0 saturated carbocycles. The molecule has 0 radical (unpaired) electrons. The minimum absolute atomic E-state index is 0.188. The summed E-state index contributed by atoms with van der Waals surface area (Å²) in [7, 11) is 0. The lowest BCUT2D eigenvalue weighted by molar-refractivity contribution is -0.123. The van der Waals surface area contributed by atoms with E-state index in [1.54, 1.807) is 4.90 Å². The molecule has 1 fully saturated rings. The third-order valence-electron chi connectivity index (χ3n) is 5.29. The van der Waals surface area contributed by atoms with Crippen LogP contribution in [0.25, 0.3) is 0 Å². The average Bonchev–Trinajstić information content (AvgIpc) is 3.46. The first-order valence-corrected chi connectivity index (χ1v) is 10.4. The highest BCUT2D eigenvalue weighted by Crippen LogP contribution is 2.56. The van der Waals surface area contributed by atoms with Crippen LogP contribution in [0.4, 0.5) is 11.4 Å². The first-order chi connectivity index (χ1) is 14.1. The van der Waals surface area contributed by atoms with Crippen LogP contribution in [0, 0.1) is 3.57 Å². The second kappa shape index (κ2) is 6.96. The van der Waals surface area contributed by atoms with Crippen LogP contribution in [0.15, 0.2) is 78.9 Å². The highest BCUT2D eigenvalue weighted by atomic mass is 127. The van der Waals surface area contributed by atoms with Crippen LogP contribution < -0.4 is 10.2 Å². The van der Waals surface area contributed by atoms with Crippen LogP contribution in [-0.2, 0) is 26.5 Å². The molecule has 2 aliphatic heterocycles. The molecule has 6 heteroatoms. The Morgan fingerprint density at radius 2 is 1.72 bits per heavy atom. The van der Waals surface area contributed by atoms with Gasteiger partial charge in [0, 0.05) is 14.8 Å². The summed E-state index contributed by atoms with van der Waals surface area (Å²) in [5.74, 6) is -0.498. The maximum Gasteiger partial charge on any atom is 0.267 e. The molecule has 2 atom stereocenters. The molecule has 0 aromatic heterocycles. The molecule has 1 spiro atoms. The summed E-state index contributed by atoms with van der Waals surface area (Å²) >= 11 is 2.21. The number of ether oxygens (including phenoxy) is 1. The van der Waals surface area contributed by atoms with Crippen molar-refractivity contribution in [1.29, 1.82) is 0 Å². The minimum atomic E-state index is -1.23. The van der Waals surface area contributed by atoms with Crippen molar-refractivity contribution in [3.63, 3.8) is 0 Å². The predicted molar refractivity (Wildman–Crippen MR) is 118 cm³/mol. The molecule has 1 saturated heterocycles. The van der Waals surface area contributed by atoms with Crippen LogP contribution >= 0.6 is 22.6 Å². The Bertz CT molecular complexity index is 1100. The summed E-state index contributed by atoms with van der Waals surface area (Å²) in [4.78, 5) is 28.0. The monoisotopic (exact) mass is 496 g/mol. The summed E-state index contributed by atoms with van der Waals surface area (Å²) in [5, 5.41) is 2.85. The number of carbonyl (C=O) groups excluding carboxylic acids is 2. The number of hydrogen-bond donors (Lipinski definition) is 1. The molecule has 2 aliphatic rings. The number of fused-ring (bicyclic) bond motifs is 2. The van der Waals surface area contributed by atoms with Crippen LogP contribution in [0.3, 0.4) is 0 Å². The number of para-hydroxylation sites is 1. The van der Waals surface area contributed by atoms with E-state index < -0.39 is 11.7 Å². The second-order valence-electron chi connectivity index (χ2n) is 7.13. The average molecular weight is 496 g/mol. The van der Waals surface area contributed by atoms with E-state index in [1.807, 2.05) is 78.9 Å². The van der Waals surface area contributed by atoms with E-state index in [0.717, 1.165) is 20.4 Å². The largest absolute Gasteiger partial charge is 0.340 e. The number of rotatable bonds is 4. The summed E-state index contributed by atoms with van der Waals surface area (Å²) in [6.07, 6.45) is -0.840. The Hall–Kier alpha value is -2.71. The van der Waals surface area contributed by atoms with E-state index in [-0.39, 0.29) is 11.8 Å². The molecule has 2 heterocycles. The van der Waals surface area contributed by atoms with Gasteiger partial charge in [-0.1, -0.05) is 48.5 Å². The quantitative estimate of drug-likeness (QED) is 0.438. The second-order valence-corrected chi connectivity index (χ2v) is 8.37. The van der Waals surface area contributed by atoms with Gasteiger partial charge >= 0.3 is 0 Å². The molecule has 5 rings (SSSR count). The molecule has 0 aliphatic carbocycles. The van der Waals surface area contributed by atoms with Gasteiger partial charge in [0.05, 0.1) is 12.2 Å². The van der Waals surface area contributed by atoms with Crippen molar-refractivity contribution in [3.05, 3.63) is 93.6 Å². The van der Waals surface area contributed by atoms with Crippen molar-refractivity contribution in [2.24, 2.45) is 0 Å². The van der Waals surface area contributed by atoms with Gasteiger partial charge in [0.1, 0.15) is 0 Å². The number of halogens is 1. The normalized spacial score (nSPS) is 21.9. The molecule has 2 amide bonds. The fourth-order valence-electron chi connectivity index (χ4n) is 3.88. The number of amides is 2. The van der Waals surface area contributed by atoms with Gasteiger partial charge in [-0.2, -0.15) is 0 Å². The third kappa shape index (κ3) is 3.03. The third-order valence-corrected chi connectivity index (χ3v) is 5.96. The van der Waals surface area contributed by atoms with Gasteiger partial charge in [0.15, 0.2) is 6.10 Å². The molecule has 0 bridgehead atoms. The smallest absolute Gasteiger partial charge is 0.267 e. The van der Waals surface area contributed by atoms with Gasteiger partial charge in [0.2, 0.25) is 5.60 Å². The topological polar surface area (TPSA) is 61.9 Å². The van der Waals surface area contributed by atoms with Crippen molar-refractivity contribution in [2.45, 2.75) is 18.2 Å². The zero-order valence-corrected chi connectivity index (χ0v) is 17.5. The number of nitrogens with one attached hydrogen (secondary N) is 1. The van der Waals surface area contributed by atoms with Crippen molar-refractivity contribution in [2.75, 3.05) is 10.2 Å². The van der Waals surface area contributed by atoms with Crippen molar-refractivity contribution < 1.29 is 14.3 Å². The van der Waals surface area contributed by atoms with Gasteiger partial charge < -0.3 is 15.0 Å². The summed E-state index contributed by atoms with van der Waals surface area (Å²) < 4.78 is 6.85. The number of benzene rings is 3. The fourth-order valence-corrected chi connectivity index (χ4v) is 4.37. The SMILES string of the molecule is O=C(Nc1ccccc1)[C@H]1O[C@]12C(=O)N(Cc1ccccc1)c1ccc(I)cc12. The van der Waals surface area contributed by atoms with Crippen LogP contribution in [-0.4, -0.2) is 17.9 Å². The van der Waals surface area contributed by atoms with Gasteiger partial charge in [0.25, 0.3) is 11.8 Å². The predicted octanol–water partition coefficient (Wildman–Crippen LogP) is 4.07. The Balaban J connectivity index is 1.47. The zero-order chi connectivity index (χ0) is 20.0. The van der Waals surface area contributed by atoms with Crippen LogP contribution in [0.5, 0.6) is 0 Å². The van der Waals surface area contributed by atoms with E-state index in [4.69, 9.17) is 4.74 Å². The highest BCUT2D eigenvalue weighted by molar-refractivity contribution is 14.1. The molecule has 3 aromatic carbocycles. The van der Waals surface area contributed by atoms with Crippen molar-refractivity contribution >= 4 is 45.8 Å². The first kappa shape index (κ1) is 18.3. The summed E-state index contributed by atoms with van der Waals surface area (Å²) in [5.41, 5.74) is 2.03. The lowest BCUT2D eigenvalue weighted by Crippen LogP contribution is -2.36. The summed E-state index contributed by atoms with van der Waals surface area (Å²) in [6, 6.07) is 24.8. The van der Waals surface area contributed by atoms with Crippen molar-refractivity contribution in [3.8, 4) is 0 Å². The number of nitrogens with zero attached hydrogens (tertiary/aromatic N) is 1. The molecule has 144 valence electrons. The van der Waals surface area contributed by atoms with E-state index >= 15 is 0 Å². The number of epoxide rings is 1. The summed E-state index contributed by atoms with van der Waals surface area (Å²) in [6.45, 7) is 0.436. The molecule has 0 unspecified atom stereocenters. The Morgan fingerprint density at radius 1 is 1.03 bits per heavy atom. The maximum atomic E-state index is 13.4. The highest BCUT2D eigenvalue weighted by Gasteiger charge is 2.72. The fraction of sp³-hybridized carbons (Fsp3) is 0.130. The molecule has 5 nitrogen and oxygen atoms in total. The van der Waals surface area contributed by atoms with Crippen LogP contribution in [0.1, 0.15) is 11.1 Å². The van der Waals surface area contributed by atoms with Crippen LogP contribution in [0.2, 0.25) is 0 Å². The van der Waals surface area contributed by atoms with E-state index in [1.165, 1.54) is 0 Å². The molecular formula is C23H17IN2O3. The Morgan fingerprint density at radius 3 is 2.45 bits per heavy atom. The van der Waals surface area contributed by atoms with Gasteiger partial charge in [-0.25, -0.2) is 0 Å². The van der Waals surface area contributed by atoms with E-state index in [9.17, 15) is 9.59 Å². The van der Waals surface area contributed by atoms with Gasteiger partial charge in [-0.05, 0) is 58.5 Å². The maximum absolute atomic E-state index is 13.4. The Kier molecular flexibility index (Phi) is 4.40. The zero-order valence-electron chi connectivity index (χ0n) is 15.3. The molecular weight excluding hydrogens is 479 g/mol.